The van der Waals surface area contributed by atoms with Crippen LogP contribution in [0.1, 0.15) is 13.3 Å². The van der Waals surface area contributed by atoms with Crippen LogP contribution in [0.15, 0.2) is 0 Å². The number of aldehydes is 1. The maximum absolute atomic E-state index is 10.4. The fraction of sp³-hybridized carbons (Fsp3) is 0.714. The molecule has 0 aliphatic heterocycles. The molecule has 4 heteroatoms. The summed E-state index contributed by atoms with van der Waals surface area (Å²) in [5, 5.41) is 0.172. The van der Waals surface area contributed by atoms with Crippen molar-refractivity contribution in [2.75, 3.05) is 17.3 Å². The van der Waals surface area contributed by atoms with E-state index in [2.05, 4.69) is 0 Å². The summed E-state index contributed by atoms with van der Waals surface area (Å²) in [4.78, 5) is 20.3. The molecule has 2 nitrogen and oxygen atoms in total. The average Bonchev–Trinajstić information content (AvgIpc) is 1.96. The Bertz CT molecular complexity index is 126. The van der Waals surface area contributed by atoms with E-state index in [1.807, 2.05) is 0 Å². The van der Waals surface area contributed by atoms with Gasteiger partial charge in [0.1, 0.15) is 6.29 Å². The summed E-state index contributed by atoms with van der Waals surface area (Å²) in [5.41, 5.74) is 0. The third-order valence-corrected chi connectivity index (χ3v) is 2.77. The Kier molecular flexibility index (Phi) is 8.17. The SMILES string of the molecule is CC(=O)SCCCSCC=O. The van der Waals surface area contributed by atoms with E-state index in [-0.39, 0.29) is 5.12 Å². The molecule has 0 radical (unpaired) electrons. The van der Waals surface area contributed by atoms with Gasteiger partial charge in [-0.25, -0.2) is 0 Å². The number of hydrogen-bond acceptors (Lipinski definition) is 4. The minimum absolute atomic E-state index is 0.172. The molecule has 0 unspecified atom stereocenters. The molecule has 0 saturated heterocycles. The molecule has 0 atom stereocenters. The van der Waals surface area contributed by atoms with Crippen LogP contribution in [0.4, 0.5) is 0 Å². The quantitative estimate of drug-likeness (QED) is 0.473. The summed E-state index contributed by atoms with van der Waals surface area (Å²) >= 11 is 2.96. The van der Waals surface area contributed by atoms with Gasteiger partial charge in [0.05, 0.1) is 0 Å². The lowest BCUT2D eigenvalue weighted by Crippen LogP contribution is -1.89. The summed E-state index contributed by atoms with van der Waals surface area (Å²) in [6, 6.07) is 0. The van der Waals surface area contributed by atoms with Crippen LogP contribution in [-0.4, -0.2) is 28.7 Å². The van der Waals surface area contributed by atoms with Crippen molar-refractivity contribution in [3.05, 3.63) is 0 Å². The minimum atomic E-state index is 0.172. The maximum Gasteiger partial charge on any atom is 0.185 e. The van der Waals surface area contributed by atoms with Gasteiger partial charge in [-0.15, -0.1) is 0 Å². The third kappa shape index (κ3) is 10.0. The Morgan fingerprint density at radius 2 is 2.18 bits per heavy atom. The largest absolute Gasteiger partial charge is 0.302 e. The first kappa shape index (κ1) is 11.0. The van der Waals surface area contributed by atoms with Crippen LogP contribution in [0.5, 0.6) is 0 Å². The number of thioether (sulfide) groups is 2. The van der Waals surface area contributed by atoms with Gasteiger partial charge in [-0.1, -0.05) is 11.8 Å². The van der Waals surface area contributed by atoms with E-state index in [1.165, 1.54) is 11.8 Å². The molecule has 0 bridgehead atoms. The van der Waals surface area contributed by atoms with Crippen LogP contribution < -0.4 is 0 Å². The molecule has 11 heavy (non-hydrogen) atoms. The Hall–Kier alpha value is 0.0400. The summed E-state index contributed by atoms with van der Waals surface area (Å²) in [5.74, 6) is 2.42. The standard InChI is InChI=1S/C7H12O2S2/c1-7(9)11-5-2-4-10-6-3-8/h3H,2,4-6H2,1H3. The van der Waals surface area contributed by atoms with Gasteiger partial charge < -0.3 is 4.79 Å². The van der Waals surface area contributed by atoms with Gasteiger partial charge in [-0.2, -0.15) is 11.8 Å². The molecule has 0 aromatic heterocycles. The predicted molar refractivity (Wildman–Crippen MR) is 51.1 cm³/mol. The maximum atomic E-state index is 10.4. The second-order valence-electron chi connectivity index (χ2n) is 1.94. The Morgan fingerprint density at radius 3 is 2.73 bits per heavy atom. The first-order valence-corrected chi connectivity index (χ1v) is 5.56. The van der Waals surface area contributed by atoms with Gasteiger partial charge in [0.15, 0.2) is 5.12 Å². The van der Waals surface area contributed by atoms with Gasteiger partial charge >= 0.3 is 0 Å². The van der Waals surface area contributed by atoms with Crippen molar-refractivity contribution >= 4 is 34.9 Å². The van der Waals surface area contributed by atoms with Gasteiger partial charge in [0.25, 0.3) is 0 Å². The molecule has 0 heterocycles. The minimum Gasteiger partial charge on any atom is -0.302 e. The fourth-order valence-corrected chi connectivity index (χ4v) is 1.88. The van der Waals surface area contributed by atoms with Crippen LogP contribution in [0.3, 0.4) is 0 Å². The summed E-state index contributed by atoms with van der Waals surface area (Å²) in [7, 11) is 0. The summed E-state index contributed by atoms with van der Waals surface area (Å²) in [6.45, 7) is 1.57. The van der Waals surface area contributed by atoms with Crippen LogP contribution in [0.2, 0.25) is 0 Å². The van der Waals surface area contributed by atoms with Crippen LogP contribution in [0.25, 0.3) is 0 Å². The van der Waals surface area contributed by atoms with Crippen LogP contribution in [-0.2, 0) is 9.59 Å². The van der Waals surface area contributed by atoms with Crippen molar-refractivity contribution < 1.29 is 9.59 Å². The number of carbonyl (C=O) groups excluding carboxylic acids is 2. The molecule has 0 fully saturated rings. The van der Waals surface area contributed by atoms with E-state index >= 15 is 0 Å². The zero-order chi connectivity index (χ0) is 8.53. The molecule has 0 spiro atoms. The summed E-state index contributed by atoms with van der Waals surface area (Å²) in [6.07, 6.45) is 1.91. The monoisotopic (exact) mass is 192 g/mol. The molecule has 0 aromatic rings. The van der Waals surface area contributed by atoms with Gasteiger partial charge in [-0.3, -0.25) is 4.79 Å². The number of carbonyl (C=O) groups is 2. The van der Waals surface area contributed by atoms with E-state index < -0.39 is 0 Å². The lowest BCUT2D eigenvalue weighted by atomic mass is 10.6. The topological polar surface area (TPSA) is 34.1 Å². The normalized spacial score (nSPS) is 9.55. The van der Waals surface area contributed by atoms with Gasteiger partial charge in [0, 0.05) is 18.4 Å². The second kappa shape index (κ2) is 8.14. The fourth-order valence-electron chi connectivity index (χ4n) is 0.508. The molecule has 0 rings (SSSR count). The Labute approximate surface area is 75.5 Å². The Balaban J connectivity index is 2.90. The highest BCUT2D eigenvalue weighted by atomic mass is 32.2. The third-order valence-electron chi connectivity index (χ3n) is 0.924. The Morgan fingerprint density at radius 1 is 1.45 bits per heavy atom. The lowest BCUT2D eigenvalue weighted by molar-refractivity contribution is -0.109. The zero-order valence-electron chi connectivity index (χ0n) is 6.54. The van der Waals surface area contributed by atoms with Crippen molar-refractivity contribution in [3.8, 4) is 0 Å². The van der Waals surface area contributed by atoms with E-state index in [0.717, 1.165) is 24.2 Å². The first-order chi connectivity index (χ1) is 5.27. The van der Waals surface area contributed by atoms with E-state index in [4.69, 9.17) is 0 Å². The molecule has 0 aliphatic rings. The van der Waals surface area contributed by atoms with E-state index in [1.54, 1.807) is 18.7 Å². The zero-order valence-corrected chi connectivity index (χ0v) is 8.17. The molecule has 0 aromatic carbocycles. The van der Waals surface area contributed by atoms with Crippen molar-refractivity contribution in [2.45, 2.75) is 13.3 Å². The molecule has 64 valence electrons. The number of rotatable bonds is 6. The first-order valence-electron chi connectivity index (χ1n) is 3.42. The second-order valence-corrected chi connectivity index (χ2v) is 4.36. The highest BCUT2D eigenvalue weighted by Crippen LogP contribution is 2.07. The van der Waals surface area contributed by atoms with E-state index in [0.29, 0.717) is 5.75 Å². The van der Waals surface area contributed by atoms with Crippen molar-refractivity contribution in [1.82, 2.24) is 0 Å². The molecule has 0 N–H and O–H groups in total. The molecule has 0 aliphatic carbocycles. The van der Waals surface area contributed by atoms with E-state index in [9.17, 15) is 9.59 Å². The average molecular weight is 192 g/mol. The number of hydrogen-bond donors (Lipinski definition) is 0. The van der Waals surface area contributed by atoms with Crippen molar-refractivity contribution in [2.24, 2.45) is 0 Å². The molecular formula is C7H12O2S2. The van der Waals surface area contributed by atoms with Gasteiger partial charge in [-0.05, 0) is 12.2 Å². The van der Waals surface area contributed by atoms with Crippen molar-refractivity contribution in [3.63, 3.8) is 0 Å². The van der Waals surface area contributed by atoms with Crippen LogP contribution >= 0.6 is 23.5 Å². The smallest absolute Gasteiger partial charge is 0.185 e. The molecular weight excluding hydrogens is 180 g/mol. The van der Waals surface area contributed by atoms with Crippen LogP contribution in [0, 0.1) is 0 Å². The lowest BCUT2D eigenvalue weighted by Gasteiger charge is -1.95. The van der Waals surface area contributed by atoms with Crippen molar-refractivity contribution in [1.29, 1.82) is 0 Å². The molecule has 0 saturated carbocycles. The molecule has 0 amide bonds. The highest BCUT2D eigenvalue weighted by molar-refractivity contribution is 8.13. The predicted octanol–water partition coefficient (Wildman–Crippen LogP) is 1.59. The highest BCUT2D eigenvalue weighted by Gasteiger charge is 1.93. The summed E-state index contributed by atoms with van der Waals surface area (Å²) < 4.78 is 0. The van der Waals surface area contributed by atoms with Gasteiger partial charge in [0.2, 0.25) is 0 Å².